The predicted molar refractivity (Wildman–Crippen MR) is 74.4 cm³/mol. The lowest BCUT2D eigenvalue weighted by molar-refractivity contribution is -0.141. The van der Waals surface area contributed by atoms with Crippen LogP contribution in [0.2, 0.25) is 0 Å². The number of rotatable bonds is 1. The Morgan fingerprint density at radius 3 is 2.50 bits per heavy atom. The van der Waals surface area contributed by atoms with Crippen LogP contribution in [0.5, 0.6) is 0 Å². The van der Waals surface area contributed by atoms with Gasteiger partial charge in [-0.3, -0.25) is 4.98 Å². The highest BCUT2D eigenvalue weighted by molar-refractivity contribution is 5.68. The molecular formula is C15H19F3N2O2. The summed E-state index contributed by atoms with van der Waals surface area (Å²) in [5.41, 5.74) is -0.761. The zero-order valence-electron chi connectivity index (χ0n) is 12.8. The van der Waals surface area contributed by atoms with Gasteiger partial charge in [-0.25, -0.2) is 4.79 Å². The molecule has 22 heavy (non-hydrogen) atoms. The molecule has 0 saturated carbocycles. The van der Waals surface area contributed by atoms with E-state index in [0.29, 0.717) is 25.1 Å². The van der Waals surface area contributed by atoms with E-state index in [4.69, 9.17) is 4.74 Å². The van der Waals surface area contributed by atoms with Gasteiger partial charge in [0.15, 0.2) is 0 Å². The van der Waals surface area contributed by atoms with E-state index >= 15 is 0 Å². The van der Waals surface area contributed by atoms with Gasteiger partial charge in [-0.05, 0) is 38.8 Å². The molecule has 0 N–H and O–H groups in total. The van der Waals surface area contributed by atoms with Crippen LogP contribution in [-0.4, -0.2) is 34.7 Å². The number of halogens is 3. The molecule has 0 radical (unpaired) electrons. The number of carbonyl (C=O) groups excluding carboxylic acids is 1. The van der Waals surface area contributed by atoms with E-state index in [2.05, 4.69) is 4.98 Å². The van der Waals surface area contributed by atoms with Gasteiger partial charge < -0.3 is 9.64 Å². The largest absolute Gasteiger partial charge is 0.444 e. The monoisotopic (exact) mass is 316 g/mol. The second kappa shape index (κ2) is 5.78. The summed E-state index contributed by atoms with van der Waals surface area (Å²) in [5.74, 6) is -0.0118. The molecule has 1 aliphatic heterocycles. The van der Waals surface area contributed by atoms with Gasteiger partial charge in [0.2, 0.25) is 0 Å². The Kier molecular flexibility index (Phi) is 4.35. The first-order valence-corrected chi connectivity index (χ1v) is 7.07. The number of amides is 1. The highest BCUT2D eigenvalue weighted by atomic mass is 19.4. The highest BCUT2D eigenvalue weighted by Crippen LogP contribution is 2.31. The molecule has 7 heteroatoms. The summed E-state index contributed by atoms with van der Waals surface area (Å²) in [7, 11) is 0. The van der Waals surface area contributed by atoms with Crippen molar-refractivity contribution in [2.45, 2.75) is 44.9 Å². The van der Waals surface area contributed by atoms with E-state index in [9.17, 15) is 18.0 Å². The second-order valence-electron chi connectivity index (χ2n) is 6.39. The lowest BCUT2D eigenvalue weighted by Crippen LogP contribution is -2.35. The summed E-state index contributed by atoms with van der Waals surface area (Å²) >= 11 is 0. The molecule has 0 bridgehead atoms. The van der Waals surface area contributed by atoms with Crippen LogP contribution in [0.25, 0.3) is 0 Å². The fourth-order valence-electron chi connectivity index (χ4n) is 2.34. The average Bonchev–Trinajstić information content (AvgIpc) is 2.85. The predicted octanol–water partition coefficient (Wildman–Crippen LogP) is 3.82. The topological polar surface area (TPSA) is 42.4 Å². The fraction of sp³-hybridized carbons (Fsp3) is 0.600. The van der Waals surface area contributed by atoms with Gasteiger partial charge in [-0.1, -0.05) is 6.07 Å². The fourth-order valence-corrected chi connectivity index (χ4v) is 2.34. The molecule has 1 aromatic rings. The van der Waals surface area contributed by atoms with E-state index < -0.39 is 23.6 Å². The Labute approximate surface area is 127 Å². The standard InChI is InChI=1S/C15H19F3N2O2/c1-14(2,3)22-13(21)20-7-6-11(9-20)10-4-5-12(19-8-10)15(16,17)18/h4-5,8,11H,6-7,9H2,1-3H3. The third-order valence-electron chi connectivity index (χ3n) is 3.39. The number of hydrogen-bond donors (Lipinski definition) is 0. The molecule has 1 saturated heterocycles. The van der Waals surface area contributed by atoms with Crippen LogP contribution in [0.15, 0.2) is 18.3 Å². The molecule has 2 rings (SSSR count). The smallest absolute Gasteiger partial charge is 0.433 e. The maximum Gasteiger partial charge on any atom is 0.433 e. The quantitative estimate of drug-likeness (QED) is 0.791. The summed E-state index contributed by atoms with van der Waals surface area (Å²) in [5, 5.41) is 0. The van der Waals surface area contributed by atoms with Gasteiger partial charge in [-0.2, -0.15) is 13.2 Å². The van der Waals surface area contributed by atoms with E-state index in [-0.39, 0.29) is 5.92 Å². The number of alkyl halides is 3. The minimum absolute atomic E-state index is 0.0118. The molecule has 1 aromatic heterocycles. The van der Waals surface area contributed by atoms with Crippen LogP contribution < -0.4 is 0 Å². The normalized spacial score (nSPS) is 19.4. The minimum Gasteiger partial charge on any atom is -0.444 e. The second-order valence-corrected chi connectivity index (χ2v) is 6.39. The van der Waals surface area contributed by atoms with E-state index in [1.165, 1.54) is 12.3 Å². The van der Waals surface area contributed by atoms with Gasteiger partial charge in [0.05, 0.1) is 0 Å². The Morgan fingerprint density at radius 1 is 1.32 bits per heavy atom. The lowest BCUT2D eigenvalue weighted by Gasteiger charge is -2.24. The van der Waals surface area contributed by atoms with Crippen molar-refractivity contribution in [3.8, 4) is 0 Å². The molecule has 1 fully saturated rings. The molecule has 0 aromatic carbocycles. The third kappa shape index (κ3) is 4.11. The van der Waals surface area contributed by atoms with Crippen LogP contribution in [0.1, 0.15) is 44.4 Å². The number of carbonyl (C=O) groups is 1. The molecule has 1 atom stereocenters. The summed E-state index contributed by atoms with van der Waals surface area (Å²) < 4.78 is 42.8. The Morgan fingerprint density at radius 2 is 2.00 bits per heavy atom. The molecule has 4 nitrogen and oxygen atoms in total. The zero-order chi connectivity index (χ0) is 16.5. The van der Waals surface area contributed by atoms with Crippen LogP contribution in [0.4, 0.5) is 18.0 Å². The van der Waals surface area contributed by atoms with Crippen molar-refractivity contribution < 1.29 is 22.7 Å². The maximum absolute atomic E-state index is 12.5. The molecule has 0 aliphatic carbocycles. The summed E-state index contributed by atoms with van der Waals surface area (Å²) in [6.45, 7) is 6.33. The first-order chi connectivity index (χ1) is 10.1. The van der Waals surface area contributed by atoms with Crippen LogP contribution >= 0.6 is 0 Å². The van der Waals surface area contributed by atoms with Crippen molar-refractivity contribution in [2.24, 2.45) is 0 Å². The summed E-state index contributed by atoms with van der Waals surface area (Å²) in [6, 6.07) is 2.41. The van der Waals surface area contributed by atoms with Crippen LogP contribution in [0, 0.1) is 0 Å². The van der Waals surface area contributed by atoms with Gasteiger partial charge in [0, 0.05) is 25.2 Å². The van der Waals surface area contributed by atoms with Crippen molar-refractivity contribution in [2.75, 3.05) is 13.1 Å². The van der Waals surface area contributed by atoms with Gasteiger partial charge >= 0.3 is 12.3 Å². The molecule has 122 valence electrons. The van der Waals surface area contributed by atoms with Crippen molar-refractivity contribution in [1.29, 1.82) is 0 Å². The molecular weight excluding hydrogens is 297 g/mol. The molecule has 1 amide bonds. The number of pyridine rings is 1. The lowest BCUT2D eigenvalue weighted by atomic mass is 10.0. The number of aromatic nitrogens is 1. The number of nitrogens with zero attached hydrogens (tertiary/aromatic N) is 2. The molecule has 1 aliphatic rings. The van der Waals surface area contributed by atoms with Gasteiger partial charge in [0.1, 0.15) is 11.3 Å². The minimum atomic E-state index is -4.43. The highest BCUT2D eigenvalue weighted by Gasteiger charge is 2.34. The molecule has 2 heterocycles. The Hall–Kier alpha value is -1.79. The summed E-state index contributed by atoms with van der Waals surface area (Å²) in [4.78, 5) is 17.0. The van der Waals surface area contributed by atoms with Crippen LogP contribution in [0.3, 0.4) is 0 Å². The third-order valence-corrected chi connectivity index (χ3v) is 3.39. The number of hydrogen-bond acceptors (Lipinski definition) is 3. The van der Waals surface area contributed by atoms with Crippen molar-refractivity contribution >= 4 is 6.09 Å². The van der Waals surface area contributed by atoms with Crippen LogP contribution in [-0.2, 0) is 10.9 Å². The molecule has 0 spiro atoms. The van der Waals surface area contributed by atoms with E-state index in [1.54, 1.807) is 25.7 Å². The zero-order valence-corrected chi connectivity index (χ0v) is 12.8. The average molecular weight is 316 g/mol. The van der Waals surface area contributed by atoms with Gasteiger partial charge in [0.25, 0.3) is 0 Å². The summed E-state index contributed by atoms with van der Waals surface area (Å²) in [6.07, 6.45) is -2.90. The number of likely N-dealkylation sites (tertiary alicyclic amines) is 1. The van der Waals surface area contributed by atoms with Crippen molar-refractivity contribution in [3.05, 3.63) is 29.6 Å². The van der Waals surface area contributed by atoms with Gasteiger partial charge in [-0.15, -0.1) is 0 Å². The van der Waals surface area contributed by atoms with Crippen molar-refractivity contribution in [1.82, 2.24) is 9.88 Å². The van der Waals surface area contributed by atoms with Crippen molar-refractivity contribution in [3.63, 3.8) is 0 Å². The Bertz CT molecular complexity index is 535. The first-order valence-electron chi connectivity index (χ1n) is 7.07. The number of ether oxygens (including phenoxy) is 1. The van der Waals surface area contributed by atoms with E-state index in [1.807, 2.05) is 0 Å². The maximum atomic E-state index is 12.5. The molecule has 1 unspecified atom stereocenters. The SMILES string of the molecule is CC(C)(C)OC(=O)N1CCC(c2ccc(C(F)(F)F)nc2)C1. The Balaban J connectivity index is 2.00. The first kappa shape index (κ1) is 16.6. The van der Waals surface area contributed by atoms with E-state index in [0.717, 1.165) is 6.07 Å².